The maximum atomic E-state index is 14.3. The SMILES string of the molecule is COc1cc2c(Nc3ccc(F)c(Cl)c3F)ncnc2cc1O[C@H](CO)[C@H](O)[C@@H](O)[C@H](F)CO.O. The highest BCUT2D eigenvalue weighted by atomic mass is 35.5. The van der Waals surface area contributed by atoms with Crippen molar-refractivity contribution in [2.75, 3.05) is 25.6 Å². The van der Waals surface area contributed by atoms with Crippen LogP contribution >= 0.6 is 11.6 Å². The van der Waals surface area contributed by atoms with Crippen molar-refractivity contribution < 1.29 is 48.5 Å². The van der Waals surface area contributed by atoms with Crippen molar-refractivity contribution in [3.63, 3.8) is 0 Å². The van der Waals surface area contributed by atoms with Gasteiger partial charge in [-0.05, 0) is 18.2 Å². The molecule has 192 valence electrons. The third kappa shape index (κ3) is 6.01. The summed E-state index contributed by atoms with van der Waals surface area (Å²) in [6.45, 7) is -1.85. The first-order chi connectivity index (χ1) is 16.2. The van der Waals surface area contributed by atoms with Gasteiger partial charge in [0.05, 0.1) is 31.5 Å². The Morgan fingerprint density at radius 1 is 1.06 bits per heavy atom. The standard InChI is InChI=1S/C21H21ClF3N3O6.H2O/c1-33-14-4-9-13(5-15(14)34-16(7-30)20(32)19(31)11(24)6-29)26-8-27-21(9)28-12-3-2-10(23)17(22)18(12)25;/h2-5,8,11,16,19-20,29-32H,6-7H2,1H3,(H,26,27,28);1H2/t11-,16-,19+,20+;/m1./s1. The van der Waals surface area contributed by atoms with E-state index in [9.17, 15) is 28.5 Å². The molecular formula is C21H23ClF3N3O7. The summed E-state index contributed by atoms with van der Waals surface area (Å²) >= 11 is 5.62. The third-order valence-corrected chi connectivity index (χ3v) is 5.29. The smallest absolute Gasteiger partial charge is 0.168 e. The minimum Gasteiger partial charge on any atom is -0.493 e. The molecule has 0 bridgehead atoms. The molecule has 4 atom stereocenters. The van der Waals surface area contributed by atoms with Crippen molar-refractivity contribution >= 4 is 34.0 Å². The summed E-state index contributed by atoms with van der Waals surface area (Å²) in [5, 5.41) is 40.7. The van der Waals surface area contributed by atoms with Crippen LogP contribution in [0.1, 0.15) is 0 Å². The quantitative estimate of drug-likeness (QED) is 0.247. The van der Waals surface area contributed by atoms with Crippen molar-refractivity contribution in [1.82, 2.24) is 9.97 Å². The molecule has 0 aliphatic heterocycles. The molecule has 0 saturated heterocycles. The lowest BCUT2D eigenvalue weighted by atomic mass is 10.0. The molecule has 3 aromatic rings. The molecule has 10 nitrogen and oxygen atoms in total. The number of anilines is 2. The van der Waals surface area contributed by atoms with Gasteiger partial charge in [-0.2, -0.15) is 0 Å². The molecule has 3 rings (SSSR count). The highest BCUT2D eigenvalue weighted by Gasteiger charge is 2.34. The van der Waals surface area contributed by atoms with Gasteiger partial charge >= 0.3 is 0 Å². The maximum Gasteiger partial charge on any atom is 0.168 e. The zero-order chi connectivity index (χ0) is 25.0. The second-order valence-electron chi connectivity index (χ2n) is 7.11. The molecule has 0 aliphatic carbocycles. The fraction of sp³-hybridized carbons (Fsp3) is 0.333. The Kier molecular flexibility index (Phi) is 9.82. The van der Waals surface area contributed by atoms with Gasteiger partial charge in [0.1, 0.15) is 35.2 Å². The van der Waals surface area contributed by atoms with Gasteiger partial charge in [-0.15, -0.1) is 0 Å². The zero-order valence-electron chi connectivity index (χ0n) is 18.1. The number of aromatic nitrogens is 2. The van der Waals surface area contributed by atoms with E-state index < -0.39 is 54.4 Å². The van der Waals surface area contributed by atoms with E-state index in [4.69, 9.17) is 26.2 Å². The van der Waals surface area contributed by atoms with E-state index in [-0.39, 0.29) is 34.0 Å². The topological polar surface area (TPSA) is 169 Å². The van der Waals surface area contributed by atoms with Crippen LogP contribution in [-0.4, -0.2) is 80.7 Å². The number of alkyl halides is 1. The Morgan fingerprint density at radius 2 is 1.77 bits per heavy atom. The average Bonchev–Trinajstić information content (AvgIpc) is 2.85. The second kappa shape index (κ2) is 12.2. The number of fused-ring (bicyclic) bond motifs is 1. The fourth-order valence-corrected chi connectivity index (χ4v) is 3.25. The molecule has 0 saturated carbocycles. The second-order valence-corrected chi connectivity index (χ2v) is 7.49. The Bertz CT molecular complexity index is 1160. The lowest BCUT2D eigenvalue weighted by molar-refractivity contribution is -0.0981. The van der Waals surface area contributed by atoms with E-state index in [1.54, 1.807) is 0 Å². The van der Waals surface area contributed by atoms with Gasteiger partial charge in [-0.3, -0.25) is 0 Å². The Balaban J connectivity index is 0.00000432. The minimum atomic E-state index is -2.16. The number of halogens is 4. The zero-order valence-corrected chi connectivity index (χ0v) is 18.9. The number of nitrogens with zero attached hydrogens (tertiary/aromatic N) is 2. The molecule has 1 aromatic heterocycles. The Morgan fingerprint density at radius 3 is 2.40 bits per heavy atom. The van der Waals surface area contributed by atoms with Crippen LogP contribution in [-0.2, 0) is 0 Å². The summed E-state index contributed by atoms with van der Waals surface area (Å²) in [6.07, 6.45) is -6.40. The molecule has 1 heterocycles. The van der Waals surface area contributed by atoms with E-state index in [1.165, 1.54) is 19.2 Å². The molecule has 7 N–H and O–H groups in total. The number of rotatable bonds is 10. The number of aliphatic hydroxyl groups is 4. The molecule has 0 aliphatic rings. The highest BCUT2D eigenvalue weighted by Crippen LogP contribution is 2.36. The lowest BCUT2D eigenvalue weighted by Gasteiger charge is -2.28. The van der Waals surface area contributed by atoms with Crippen molar-refractivity contribution in [3.8, 4) is 11.5 Å². The maximum absolute atomic E-state index is 14.3. The van der Waals surface area contributed by atoms with Crippen LogP contribution in [0.3, 0.4) is 0 Å². The van der Waals surface area contributed by atoms with Gasteiger partial charge in [-0.25, -0.2) is 23.1 Å². The summed E-state index contributed by atoms with van der Waals surface area (Å²) in [7, 11) is 1.30. The first-order valence-corrected chi connectivity index (χ1v) is 10.2. The lowest BCUT2D eigenvalue weighted by Crippen LogP contribution is -2.48. The normalized spacial score (nSPS) is 14.5. The van der Waals surface area contributed by atoms with Crippen LogP contribution in [0.15, 0.2) is 30.6 Å². The molecule has 0 spiro atoms. The van der Waals surface area contributed by atoms with E-state index in [2.05, 4.69) is 15.3 Å². The number of hydrogen-bond acceptors (Lipinski definition) is 9. The van der Waals surface area contributed by atoms with Crippen LogP contribution < -0.4 is 14.8 Å². The van der Waals surface area contributed by atoms with Gasteiger partial charge in [-0.1, -0.05) is 11.6 Å². The van der Waals surface area contributed by atoms with E-state index in [0.29, 0.717) is 5.39 Å². The molecule has 0 radical (unpaired) electrons. The molecular weight excluding hydrogens is 499 g/mol. The summed E-state index contributed by atoms with van der Waals surface area (Å²) in [4.78, 5) is 8.15. The summed E-state index contributed by atoms with van der Waals surface area (Å²) < 4.78 is 52.2. The number of benzene rings is 2. The summed E-state index contributed by atoms with van der Waals surface area (Å²) in [5.41, 5.74) is 0.111. The van der Waals surface area contributed by atoms with Crippen LogP contribution in [0.2, 0.25) is 5.02 Å². The van der Waals surface area contributed by atoms with E-state index in [0.717, 1.165) is 18.5 Å². The van der Waals surface area contributed by atoms with Gasteiger partial charge in [0, 0.05) is 11.5 Å². The van der Waals surface area contributed by atoms with Crippen LogP contribution in [0.25, 0.3) is 10.9 Å². The predicted octanol–water partition coefficient (Wildman–Crippen LogP) is 1.28. The predicted molar refractivity (Wildman–Crippen MR) is 120 cm³/mol. The first-order valence-electron chi connectivity index (χ1n) is 9.83. The molecule has 14 heteroatoms. The Hall–Kier alpha value is -2.94. The molecule has 2 aromatic carbocycles. The summed E-state index contributed by atoms with van der Waals surface area (Å²) in [5.74, 6) is -1.78. The van der Waals surface area contributed by atoms with Crippen molar-refractivity contribution in [3.05, 3.63) is 47.2 Å². The third-order valence-electron chi connectivity index (χ3n) is 4.94. The van der Waals surface area contributed by atoms with E-state index in [1.807, 2.05) is 0 Å². The highest BCUT2D eigenvalue weighted by molar-refractivity contribution is 6.31. The first kappa shape index (κ1) is 28.3. The molecule has 35 heavy (non-hydrogen) atoms. The van der Waals surface area contributed by atoms with E-state index >= 15 is 0 Å². The average molecular weight is 522 g/mol. The van der Waals surface area contributed by atoms with Crippen LogP contribution in [0, 0.1) is 11.6 Å². The molecule has 0 amide bonds. The van der Waals surface area contributed by atoms with Crippen molar-refractivity contribution in [2.45, 2.75) is 24.5 Å². The van der Waals surface area contributed by atoms with Crippen molar-refractivity contribution in [2.24, 2.45) is 0 Å². The van der Waals surface area contributed by atoms with Gasteiger partial charge in [0.15, 0.2) is 29.6 Å². The number of ether oxygens (including phenoxy) is 2. The van der Waals surface area contributed by atoms with Gasteiger partial charge in [0.2, 0.25) is 0 Å². The monoisotopic (exact) mass is 521 g/mol. The molecule has 0 unspecified atom stereocenters. The fourth-order valence-electron chi connectivity index (χ4n) is 3.09. The number of hydrogen-bond donors (Lipinski definition) is 5. The van der Waals surface area contributed by atoms with Gasteiger partial charge in [0.25, 0.3) is 0 Å². The van der Waals surface area contributed by atoms with Crippen LogP contribution in [0.4, 0.5) is 24.7 Å². The minimum absolute atomic E-state index is 0. The summed E-state index contributed by atoms with van der Waals surface area (Å²) in [6, 6.07) is 4.90. The molecule has 0 fully saturated rings. The Labute approximate surface area is 201 Å². The number of methoxy groups -OCH3 is 1. The number of aliphatic hydroxyl groups excluding tert-OH is 4. The number of nitrogens with one attached hydrogen (secondary N) is 1. The van der Waals surface area contributed by atoms with Crippen LogP contribution in [0.5, 0.6) is 11.5 Å². The largest absolute Gasteiger partial charge is 0.493 e. The van der Waals surface area contributed by atoms with Crippen molar-refractivity contribution in [1.29, 1.82) is 0 Å². The van der Waals surface area contributed by atoms with Gasteiger partial charge < -0.3 is 40.7 Å².